The van der Waals surface area contributed by atoms with Gasteiger partial charge in [-0.05, 0) is 38.1 Å². The van der Waals surface area contributed by atoms with Crippen LogP contribution in [0.1, 0.15) is 38.5 Å². The monoisotopic (exact) mass is 272 g/mol. The maximum absolute atomic E-state index is 10.4. The van der Waals surface area contributed by atoms with Gasteiger partial charge in [-0.3, -0.25) is 4.98 Å². The molecular formula is C17H24N2O. The fourth-order valence-corrected chi connectivity index (χ4v) is 2.53. The van der Waals surface area contributed by atoms with E-state index < -0.39 is 6.10 Å². The molecule has 2 aromatic rings. The van der Waals surface area contributed by atoms with Crippen LogP contribution in [0.3, 0.4) is 0 Å². The smallest absolute Gasteiger partial charge is 0.109 e. The zero-order valence-electron chi connectivity index (χ0n) is 12.4. The van der Waals surface area contributed by atoms with Crippen molar-refractivity contribution < 1.29 is 5.11 Å². The van der Waals surface area contributed by atoms with Gasteiger partial charge in [0, 0.05) is 11.9 Å². The summed E-state index contributed by atoms with van der Waals surface area (Å²) in [6.07, 6.45) is 1.70. The molecule has 1 unspecified atom stereocenters. The molecule has 0 fully saturated rings. The summed E-state index contributed by atoms with van der Waals surface area (Å²) in [7, 11) is 0. The zero-order chi connectivity index (χ0) is 14.4. The van der Waals surface area contributed by atoms with Gasteiger partial charge < -0.3 is 10.0 Å². The third-order valence-electron chi connectivity index (χ3n) is 3.47. The van der Waals surface area contributed by atoms with Crippen LogP contribution in [0.2, 0.25) is 0 Å². The molecule has 0 aliphatic heterocycles. The highest BCUT2D eigenvalue weighted by atomic mass is 16.3. The van der Waals surface area contributed by atoms with Crippen LogP contribution in [0, 0.1) is 0 Å². The molecule has 0 amide bonds. The third kappa shape index (κ3) is 3.78. The molecule has 0 spiro atoms. The lowest BCUT2D eigenvalue weighted by atomic mass is 10.1. The van der Waals surface area contributed by atoms with E-state index in [2.05, 4.69) is 23.7 Å². The molecule has 0 saturated carbocycles. The number of hydrogen-bond acceptors (Lipinski definition) is 3. The number of hydrogen-bond donors (Lipinski definition) is 1. The van der Waals surface area contributed by atoms with Crippen molar-refractivity contribution in [2.24, 2.45) is 0 Å². The van der Waals surface area contributed by atoms with E-state index in [1.54, 1.807) is 0 Å². The molecule has 0 aliphatic carbocycles. The van der Waals surface area contributed by atoms with Gasteiger partial charge in [0.1, 0.15) is 6.10 Å². The Labute approximate surface area is 121 Å². The number of aromatic nitrogens is 1. The van der Waals surface area contributed by atoms with Crippen LogP contribution < -0.4 is 0 Å². The summed E-state index contributed by atoms with van der Waals surface area (Å²) in [4.78, 5) is 6.88. The highest BCUT2D eigenvalue weighted by molar-refractivity contribution is 5.78. The Bertz CT molecular complexity index is 535. The van der Waals surface area contributed by atoms with E-state index in [1.165, 1.54) is 0 Å². The summed E-state index contributed by atoms with van der Waals surface area (Å²) in [6.45, 7) is 7.05. The van der Waals surface area contributed by atoms with Gasteiger partial charge in [-0.2, -0.15) is 0 Å². The van der Waals surface area contributed by atoms with Crippen molar-refractivity contribution in [1.29, 1.82) is 0 Å². The lowest BCUT2D eigenvalue weighted by molar-refractivity contribution is 0.110. The van der Waals surface area contributed by atoms with Gasteiger partial charge in [0.15, 0.2) is 0 Å². The Kier molecular flexibility index (Phi) is 5.50. The van der Waals surface area contributed by atoms with Crippen molar-refractivity contribution in [3.63, 3.8) is 0 Å². The molecule has 1 aromatic heterocycles. The Morgan fingerprint density at radius 1 is 1.05 bits per heavy atom. The van der Waals surface area contributed by atoms with Crippen LogP contribution in [0.15, 0.2) is 36.4 Å². The summed E-state index contributed by atoms with van der Waals surface area (Å²) in [6, 6.07) is 12.0. The number of rotatable bonds is 7. The van der Waals surface area contributed by atoms with Crippen molar-refractivity contribution in [2.45, 2.75) is 32.8 Å². The standard InChI is InChI=1S/C17H24N2O/c1-3-11-19(12-4-2)13-17(20)16-10-9-14-7-5-6-8-15(14)18-16/h5-10,17,20H,3-4,11-13H2,1-2H3. The van der Waals surface area contributed by atoms with Gasteiger partial charge in [0.25, 0.3) is 0 Å². The fourth-order valence-electron chi connectivity index (χ4n) is 2.53. The van der Waals surface area contributed by atoms with Crippen LogP contribution in [0.4, 0.5) is 0 Å². The van der Waals surface area contributed by atoms with E-state index >= 15 is 0 Å². The summed E-state index contributed by atoms with van der Waals surface area (Å²) in [5.74, 6) is 0. The van der Waals surface area contributed by atoms with Gasteiger partial charge in [0.05, 0.1) is 11.2 Å². The number of aliphatic hydroxyl groups is 1. The molecule has 0 bridgehead atoms. The van der Waals surface area contributed by atoms with Crippen molar-refractivity contribution in [2.75, 3.05) is 19.6 Å². The number of benzene rings is 1. The average molecular weight is 272 g/mol. The Morgan fingerprint density at radius 3 is 2.45 bits per heavy atom. The maximum atomic E-state index is 10.4. The quantitative estimate of drug-likeness (QED) is 0.839. The van der Waals surface area contributed by atoms with Gasteiger partial charge in [-0.25, -0.2) is 0 Å². The Morgan fingerprint density at radius 2 is 1.75 bits per heavy atom. The first-order chi connectivity index (χ1) is 9.74. The maximum Gasteiger partial charge on any atom is 0.109 e. The molecule has 0 radical (unpaired) electrons. The fraction of sp³-hybridized carbons (Fsp3) is 0.471. The molecule has 108 valence electrons. The number of fused-ring (bicyclic) bond motifs is 1. The highest BCUT2D eigenvalue weighted by Gasteiger charge is 2.14. The Balaban J connectivity index is 2.11. The van der Waals surface area contributed by atoms with Crippen molar-refractivity contribution in [3.05, 3.63) is 42.1 Å². The number of pyridine rings is 1. The number of para-hydroxylation sites is 1. The average Bonchev–Trinajstić information content (AvgIpc) is 2.47. The van der Waals surface area contributed by atoms with E-state index in [0.717, 1.165) is 42.5 Å². The predicted molar refractivity (Wildman–Crippen MR) is 83.7 cm³/mol. The minimum absolute atomic E-state index is 0.516. The zero-order valence-corrected chi connectivity index (χ0v) is 12.4. The largest absolute Gasteiger partial charge is 0.385 e. The second kappa shape index (κ2) is 7.36. The van der Waals surface area contributed by atoms with Gasteiger partial charge in [-0.15, -0.1) is 0 Å². The van der Waals surface area contributed by atoms with Gasteiger partial charge >= 0.3 is 0 Å². The molecule has 20 heavy (non-hydrogen) atoms. The highest BCUT2D eigenvalue weighted by Crippen LogP contribution is 2.17. The van der Waals surface area contributed by atoms with Crippen LogP contribution >= 0.6 is 0 Å². The molecule has 3 heteroatoms. The summed E-state index contributed by atoms with van der Waals surface area (Å²) in [5, 5.41) is 11.5. The molecule has 0 aliphatic rings. The number of nitrogens with zero attached hydrogens (tertiary/aromatic N) is 2. The molecule has 1 atom stereocenters. The van der Waals surface area contributed by atoms with E-state index in [1.807, 2.05) is 36.4 Å². The molecular weight excluding hydrogens is 248 g/mol. The third-order valence-corrected chi connectivity index (χ3v) is 3.47. The lowest BCUT2D eigenvalue weighted by Gasteiger charge is -2.23. The van der Waals surface area contributed by atoms with Crippen LogP contribution in [0.25, 0.3) is 10.9 Å². The van der Waals surface area contributed by atoms with Gasteiger partial charge in [0.2, 0.25) is 0 Å². The first-order valence-electron chi connectivity index (χ1n) is 7.50. The molecule has 1 N–H and O–H groups in total. The van der Waals surface area contributed by atoms with E-state index in [9.17, 15) is 5.11 Å². The molecule has 0 saturated heterocycles. The minimum Gasteiger partial charge on any atom is -0.385 e. The molecule has 1 heterocycles. The van der Waals surface area contributed by atoms with Crippen molar-refractivity contribution in [1.82, 2.24) is 9.88 Å². The SMILES string of the molecule is CCCN(CCC)CC(O)c1ccc2ccccc2n1. The minimum atomic E-state index is -0.516. The topological polar surface area (TPSA) is 36.4 Å². The molecule has 1 aromatic carbocycles. The summed E-state index contributed by atoms with van der Waals surface area (Å²) < 4.78 is 0. The predicted octanol–water partition coefficient (Wildman–Crippen LogP) is 3.39. The molecule has 2 rings (SSSR count). The van der Waals surface area contributed by atoms with Crippen molar-refractivity contribution >= 4 is 10.9 Å². The van der Waals surface area contributed by atoms with Crippen molar-refractivity contribution in [3.8, 4) is 0 Å². The van der Waals surface area contributed by atoms with E-state index in [-0.39, 0.29) is 0 Å². The van der Waals surface area contributed by atoms with Gasteiger partial charge in [-0.1, -0.05) is 38.1 Å². The summed E-state index contributed by atoms with van der Waals surface area (Å²) >= 11 is 0. The van der Waals surface area contributed by atoms with Crippen LogP contribution in [-0.4, -0.2) is 34.6 Å². The van der Waals surface area contributed by atoms with Crippen LogP contribution in [0.5, 0.6) is 0 Å². The van der Waals surface area contributed by atoms with E-state index in [4.69, 9.17) is 0 Å². The first kappa shape index (κ1) is 14.9. The summed E-state index contributed by atoms with van der Waals surface area (Å²) in [5.41, 5.74) is 1.71. The lowest BCUT2D eigenvalue weighted by Crippen LogP contribution is -2.30. The van der Waals surface area contributed by atoms with Crippen LogP contribution in [-0.2, 0) is 0 Å². The first-order valence-corrected chi connectivity index (χ1v) is 7.50. The number of aliphatic hydroxyl groups excluding tert-OH is 1. The normalized spacial score (nSPS) is 13.0. The molecule has 3 nitrogen and oxygen atoms in total. The van der Waals surface area contributed by atoms with E-state index in [0.29, 0.717) is 6.54 Å². The second-order valence-electron chi connectivity index (χ2n) is 5.25. The second-order valence-corrected chi connectivity index (χ2v) is 5.25. The Hall–Kier alpha value is -1.45.